The largest absolute Gasteiger partial charge is 0.450 e. The molecule has 1 aromatic rings. The van der Waals surface area contributed by atoms with Gasteiger partial charge in [0.05, 0.1) is 17.9 Å². The topological polar surface area (TPSA) is 80.3 Å². The van der Waals surface area contributed by atoms with Gasteiger partial charge in [-0.15, -0.1) is 0 Å². The van der Waals surface area contributed by atoms with Crippen LogP contribution in [0.3, 0.4) is 0 Å². The van der Waals surface area contributed by atoms with E-state index in [-0.39, 0.29) is 5.88 Å². The van der Waals surface area contributed by atoms with Crippen molar-refractivity contribution in [3.63, 3.8) is 0 Å². The molecule has 0 spiro atoms. The Hall–Kier alpha value is -1.79. The highest BCUT2D eigenvalue weighted by Crippen LogP contribution is 1.99. The van der Waals surface area contributed by atoms with Crippen LogP contribution in [-0.2, 0) is 4.74 Å². The molecule has 0 aliphatic carbocycles. The number of hydrogen-bond donors (Lipinski definition) is 2. The Morgan fingerprint density at radius 2 is 2.50 bits per heavy atom. The summed E-state index contributed by atoms with van der Waals surface area (Å²) in [5.74, 6) is 0.226. The monoisotopic (exact) mass is 201 g/mol. The summed E-state index contributed by atoms with van der Waals surface area (Å²) in [5.41, 5.74) is 2.85. The summed E-state index contributed by atoms with van der Waals surface area (Å²) in [6, 6.07) is 0. The Morgan fingerprint density at radius 1 is 1.71 bits per heavy atom. The van der Waals surface area contributed by atoms with Crippen LogP contribution in [0.1, 0.15) is 13.8 Å². The lowest BCUT2D eigenvalue weighted by atomic mass is 10.7. The van der Waals surface area contributed by atoms with E-state index in [1.54, 1.807) is 6.92 Å². The zero-order chi connectivity index (χ0) is 10.4. The third kappa shape index (κ3) is 2.92. The van der Waals surface area contributed by atoms with Gasteiger partial charge >= 0.3 is 12.0 Å². The van der Waals surface area contributed by atoms with Crippen LogP contribution in [0, 0.1) is 0 Å². The summed E-state index contributed by atoms with van der Waals surface area (Å²) in [5, 5.41) is 5.95. The highest BCUT2D eigenvalue weighted by molar-refractivity contribution is 5.82. The van der Waals surface area contributed by atoms with Gasteiger partial charge in [0.15, 0.2) is 0 Å². The van der Waals surface area contributed by atoms with Gasteiger partial charge in [-0.25, -0.2) is 4.79 Å². The number of carbonyl (C=O) groups excluding carboxylic acids is 1. The highest BCUT2D eigenvalue weighted by Gasteiger charge is 2.13. The second-order valence-electron chi connectivity index (χ2n) is 2.37. The van der Waals surface area contributed by atoms with Gasteiger partial charge in [0.1, 0.15) is 0 Å². The Morgan fingerprint density at radius 3 is 3.14 bits per heavy atom. The Kier molecular flexibility index (Phi) is 3.71. The van der Waals surface area contributed by atoms with Crippen molar-refractivity contribution in [2.24, 2.45) is 0 Å². The van der Waals surface area contributed by atoms with Gasteiger partial charge in [0.25, 0.3) is 6.20 Å². The molecular formula is C7H13N4O3+. The first kappa shape index (κ1) is 10.3. The smallest absolute Gasteiger partial charge is 0.414 e. The van der Waals surface area contributed by atoms with Crippen molar-refractivity contribution in [2.75, 3.05) is 23.9 Å². The highest BCUT2D eigenvalue weighted by atomic mass is 16.6. The number of rotatable bonds is 4. The lowest BCUT2D eigenvalue weighted by Gasteiger charge is -1.97. The van der Waals surface area contributed by atoms with E-state index in [1.165, 1.54) is 11.0 Å². The van der Waals surface area contributed by atoms with E-state index in [2.05, 4.69) is 20.8 Å². The summed E-state index contributed by atoms with van der Waals surface area (Å²) >= 11 is 0. The quantitative estimate of drug-likeness (QED) is 0.675. The minimum absolute atomic E-state index is 0.226. The van der Waals surface area contributed by atoms with E-state index < -0.39 is 6.09 Å². The molecule has 0 aromatic carbocycles. The fourth-order valence-corrected chi connectivity index (χ4v) is 0.806. The van der Waals surface area contributed by atoms with Crippen molar-refractivity contribution >= 4 is 12.0 Å². The van der Waals surface area contributed by atoms with E-state index in [4.69, 9.17) is 4.52 Å². The van der Waals surface area contributed by atoms with Crippen molar-refractivity contribution in [1.29, 1.82) is 0 Å². The second kappa shape index (κ2) is 5.05. The fraction of sp³-hybridized carbons (Fsp3) is 0.571. The molecular weight excluding hydrogens is 188 g/mol. The van der Waals surface area contributed by atoms with Crippen molar-refractivity contribution in [2.45, 2.75) is 13.8 Å². The first-order valence-corrected chi connectivity index (χ1v) is 4.32. The average molecular weight is 201 g/mol. The maximum absolute atomic E-state index is 10.9. The van der Waals surface area contributed by atoms with Crippen molar-refractivity contribution in [3.8, 4) is 0 Å². The van der Waals surface area contributed by atoms with Crippen molar-refractivity contribution in [3.05, 3.63) is 6.20 Å². The van der Waals surface area contributed by atoms with Crippen LogP contribution in [0.5, 0.6) is 0 Å². The van der Waals surface area contributed by atoms with Gasteiger partial charge < -0.3 is 4.74 Å². The summed E-state index contributed by atoms with van der Waals surface area (Å²) in [7, 11) is 0. The maximum Gasteiger partial charge on any atom is 0.414 e. The summed E-state index contributed by atoms with van der Waals surface area (Å²) in [4.78, 5) is 12.3. The molecule has 0 radical (unpaired) electrons. The second-order valence-corrected chi connectivity index (χ2v) is 2.37. The zero-order valence-electron chi connectivity index (χ0n) is 8.11. The number of nitrogens with one attached hydrogen (secondary N) is 2. The number of nitrogens with zero attached hydrogens (tertiary/aromatic N) is 2. The van der Waals surface area contributed by atoms with E-state index in [0.29, 0.717) is 13.2 Å². The molecule has 14 heavy (non-hydrogen) atoms. The van der Waals surface area contributed by atoms with Crippen molar-refractivity contribution < 1.29 is 18.8 Å². The molecule has 0 unspecified atom stereocenters. The fourth-order valence-electron chi connectivity index (χ4n) is 0.806. The molecule has 0 fully saturated rings. The van der Waals surface area contributed by atoms with E-state index in [0.717, 1.165) is 0 Å². The molecule has 7 heteroatoms. The molecule has 7 nitrogen and oxygen atoms in total. The van der Waals surface area contributed by atoms with E-state index in [1.807, 2.05) is 6.92 Å². The molecule has 2 N–H and O–H groups in total. The lowest BCUT2D eigenvalue weighted by molar-refractivity contribution is -0.719. The zero-order valence-corrected chi connectivity index (χ0v) is 8.11. The minimum atomic E-state index is -0.563. The number of hydrogen-bond acceptors (Lipinski definition) is 5. The first-order chi connectivity index (χ1) is 6.76. The molecule has 0 atom stereocenters. The molecule has 78 valence electrons. The number of ether oxygens (including phenoxy) is 1. The van der Waals surface area contributed by atoms with Crippen LogP contribution < -0.4 is 15.5 Å². The van der Waals surface area contributed by atoms with E-state index in [9.17, 15) is 4.79 Å². The van der Waals surface area contributed by atoms with Gasteiger partial charge in [0.2, 0.25) is 5.27 Å². The average Bonchev–Trinajstić information content (AvgIpc) is 2.53. The SMILES string of the molecule is CCN[n+]1cc(NC(=O)OCC)on1. The standard InChI is InChI=1S/C7H12N4O3/c1-3-8-11-5-6(14-10-11)9-7(12)13-4-2/h5H,3-4H2,1-2H3,(H-,8,9,10,12)/p+1. The number of anilines is 1. The third-order valence-corrected chi connectivity index (χ3v) is 1.29. The van der Waals surface area contributed by atoms with Crippen LogP contribution in [0.15, 0.2) is 10.7 Å². The van der Waals surface area contributed by atoms with Gasteiger partial charge in [-0.2, -0.15) is 5.43 Å². The molecule has 0 bridgehead atoms. The predicted molar refractivity (Wildman–Crippen MR) is 47.2 cm³/mol. The van der Waals surface area contributed by atoms with Gasteiger partial charge in [-0.05, 0) is 13.8 Å². The van der Waals surface area contributed by atoms with Gasteiger partial charge in [-0.3, -0.25) is 9.84 Å². The van der Waals surface area contributed by atoms with E-state index >= 15 is 0 Å². The van der Waals surface area contributed by atoms with Crippen LogP contribution >= 0.6 is 0 Å². The van der Waals surface area contributed by atoms with Crippen LogP contribution in [0.2, 0.25) is 0 Å². The van der Waals surface area contributed by atoms with Crippen molar-refractivity contribution in [1.82, 2.24) is 5.27 Å². The summed E-state index contributed by atoms with van der Waals surface area (Å²) in [6.07, 6.45) is 0.938. The van der Waals surface area contributed by atoms with Crippen LogP contribution in [0.4, 0.5) is 10.7 Å². The summed E-state index contributed by atoms with van der Waals surface area (Å²) in [6.45, 7) is 4.65. The lowest BCUT2D eigenvalue weighted by Crippen LogP contribution is -2.45. The molecule has 1 heterocycles. The molecule has 0 aliphatic heterocycles. The minimum Gasteiger partial charge on any atom is -0.450 e. The number of amides is 1. The molecule has 0 saturated heterocycles. The summed E-state index contributed by atoms with van der Waals surface area (Å²) < 4.78 is 9.42. The molecule has 1 amide bonds. The van der Waals surface area contributed by atoms with Gasteiger partial charge in [0, 0.05) is 0 Å². The maximum atomic E-state index is 10.9. The van der Waals surface area contributed by atoms with Crippen LogP contribution in [-0.4, -0.2) is 24.5 Å². The third-order valence-electron chi connectivity index (χ3n) is 1.29. The Bertz CT molecular complexity index is 299. The normalized spacial score (nSPS) is 9.57. The predicted octanol–water partition coefficient (Wildman–Crippen LogP) is 0.0939. The molecule has 1 aromatic heterocycles. The first-order valence-electron chi connectivity index (χ1n) is 4.32. The Labute approximate surface area is 81.0 Å². The van der Waals surface area contributed by atoms with Crippen LogP contribution in [0.25, 0.3) is 0 Å². The number of aromatic nitrogens is 2. The molecule has 1 rings (SSSR count). The molecule has 0 saturated carbocycles. The van der Waals surface area contributed by atoms with Gasteiger partial charge in [-0.1, -0.05) is 0 Å². The molecule has 0 aliphatic rings. The Balaban J connectivity index is 2.46. The number of carbonyl (C=O) groups is 1.